The number of hydrogen-bond acceptors (Lipinski definition) is 19. The summed E-state index contributed by atoms with van der Waals surface area (Å²) < 4.78 is 35.4. The Morgan fingerprint density at radius 3 is 2.29 bits per heavy atom. The summed E-state index contributed by atoms with van der Waals surface area (Å²) in [4.78, 5) is 91.3. The average Bonchev–Trinajstić information content (AvgIpc) is 3.23. The van der Waals surface area contributed by atoms with E-state index in [0.717, 1.165) is 16.0 Å². The number of nitrogens with two attached hydrogens (primary N) is 1. The molecule has 0 radical (unpaired) electrons. The Hall–Kier alpha value is -5.30. The molecule has 3 aliphatic heterocycles. The van der Waals surface area contributed by atoms with E-state index in [-0.39, 0.29) is 81.7 Å². The van der Waals surface area contributed by atoms with E-state index in [2.05, 4.69) is 20.6 Å². The number of methoxy groups -OCH3 is 2. The standard InChI is InChI=1S/C61H94N6O16/c1-36-15-11-10-12-16-37(2)50(78-8)31-45-20-18-41(6)61(77,83-45)57(73)58(74)67-24-14-13-17-47(67)59(75)81-51(32-48(68)38(3)28-40(5)55(71)56(72)54(70)39(4)27-36)46(62)29-43-19-21-49(52(30-43)79-9)82-60(76)63-23-26-80-25-22-53(69)66-35-44-33-64-42(7)65-34-44/h10-12,15-16,28,33-34,36,38-39,41,43,45-52,55-56,68,71-72,77H,13-14,17-27,29-32,35,62H2,1-9H3,(H,63,76)(H,66,69)/b12-10+,15-11+,37-16+,40-28+/t36-,38-,39-,41-,43+,45+,46-,47+,48-,49-,50+,51+,52-,55-,56+,61-/m1/s1. The lowest BCUT2D eigenvalue weighted by molar-refractivity contribution is -0.265. The summed E-state index contributed by atoms with van der Waals surface area (Å²) in [6.45, 7) is 12.9. The molecule has 0 unspecified atom stereocenters. The fraction of sp³-hybridized carbons (Fsp3) is 0.705. The molecule has 1 aromatic heterocycles. The van der Waals surface area contributed by atoms with Crippen molar-refractivity contribution in [2.75, 3.05) is 40.5 Å². The van der Waals surface area contributed by atoms with E-state index < -0.39 is 114 Å². The first-order valence-corrected chi connectivity index (χ1v) is 29.6. The molecule has 4 heterocycles. The van der Waals surface area contributed by atoms with Gasteiger partial charge in [0, 0.05) is 94.9 Å². The minimum Gasteiger partial charge on any atom is -0.459 e. The van der Waals surface area contributed by atoms with Crippen molar-refractivity contribution in [3.05, 3.63) is 71.4 Å². The third kappa shape index (κ3) is 20.4. The van der Waals surface area contributed by atoms with E-state index in [1.165, 1.54) is 7.11 Å². The SMILES string of the molecule is CO[C@H]1C[C@@H]2CC[C@@H](C)[C@@](O)(O2)C(=O)C(=O)N2CCCC[C@H]2C(=O)O[C@H]([C@H](N)C[C@@H]2CC[C@@H](OC(=O)NCCOCCC(=O)NCc3cnc(C)nc3)[C@H](OC)C2)C[C@@H](O)[C@H](C)/C=C(\C)[C@@H](O)[C@@H](O)C(=O)[C@H](C)C[C@H](C)/C=C/C=C/C=C/1C. The molecule has 22 nitrogen and oxygen atoms in total. The first-order chi connectivity index (χ1) is 39.4. The monoisotopic (exact) mass is 1170 g/mol. The molecule has 0 spiro atoms. The van der Waals surface area contributed by atoms with Crippen LogP contribution in [0.25, 0.3) is 0 Å². The Balaban J connectivity index is 1.29. The highest BCUT2D eigenvalue weighted by molar-refractivity contribution is 6.39. The number of Topliss-reactive ketones (excluding diaryl/α,β-unsaturated/α-hetero) is 2. The van der Waals surface area contributed by atoms with Gasteiger partial charge in [-0.2, -0.15) is 0 Å². The van der Waals surface area contributed by atoms with Gasteiger partial charge in [0.1, 0.15) is 36.3 Å². The van der Waals surface area contributed by atoms with E-state index >= 15 is 0 Å². The van der Waals surface area contributed by atoms with E-state index in [1.54, 1.807) is 60.2 Å². The summed E-state index contributed by atoms with van der Waals surface area (Å²) in [6.07, 6.45) is 9.76. The largest absolute Gasteiger partial charge is 0.459 e. The highest BCUT2D eigenvalue weighted by Gasteiger charge is 2.53. The number of ketones is 2. The fourth-order valence-electron chi connectivity index (χ4n) is 11.4. The number of fused-ring (bicyclic) bond motifs is 3. The Bertz CT molecular complexity index is 2420. The predicted octanol–water partition coefficient (Wildman–Crippen LogP) is 4.56. The number of carbonyl (C=O) groups excluding carboxylic acids is 6. The number of allylic oxidation sites excluding steroid dienone is 5. The van der Waals surface area contributed by atoms with Crippen molar-refractivity contribution in [2.24, 2.45) is 35.3 Å². The summed E-state index contributed by atoms with van der Waals surface area (Å²) >= 11 is 0. The van der Waals surface area contributed by atoms with Crippen molar-refractivity contribution in [3.8, 4) is 0 Å². The van der Waals surface area contributed by atoms with Crippen LogP contribution in [0, 0.1) is 36.5 Å². The van der Waals surface area contributed by atoms with E-state index in [9.17, 15) is 49.2 Å². The summed E-state index contributed by atoms with van der Waals surface area (Å²) in [5.74, 6) is -7.99. The molecule has 2 saturated heterocycles. The summed E-state index contributed by atoms with van der Waals surface area (Å²) in [5, 5.41) is 51.7. The number of aliphatic hydroxyl groups excluding tert-OH is 3. The highest BCUT2D eigenvalue weighted by Crippen LogP contribution is 2.37. The highest BCUT2D eigenvalue weighted by atomic mass is 16.6. The zero-order valence-corrected chi connectivity index (χ0v) is 50.1. The lowest BCUT2D eigenvalue weighted by Gasteiger charge is -2.42. The van der Waals surface area contributed by atoms with Crippen molar-refractivity contribution in [3.63, 3.8) is 0 Å². The van der Waals surface area contributed by atoms with Crippen LogP contribution in [0.15, 0.2) is 60.0 Å². The molecule has 0 aromatic carbocycles. The van der Waals surface area contributed by atoms with Crippen LogP contribution in [-0.4, -0.2) is 178 Å². The van der Waals surface area contributed by atoms with Gasteiger partial charge in [0.25, 0.3) is 11.7 Å². The fourth-order valence-corrected chi connectivity index (χ4v) is 11.4. The van der Waals surface area contributed by atoms with Crippen LogP contribution >= 0.6 is 0 Å². The lowest BCUT2D eigenvalue weighted by atomic mass is 9.80. The van der Waals surface area contributed by atoms with Gasteiger partial charge in [-0.1, -0.05) is 64.2 Å². The Kier molecular flexibility index (Phi) is 27.6. The molecule has 1 aliphatic carbocycles. The Morgan fingerprint density at radius 1 is 0.843 bits per heavy atom. The molecule has 16 atom stereocenters. The first kappa shape index (κ1) is 68.5. The van der Waals surface area contributed by atoms with E-state index in [0.29, 0.717) is 63.7 Å². The second-order valence-electron chi connectivity index (χ2n) is 23.3. The molecule has 3 fully saturated rings. The van der Waals surface area contributed by atoms with Crippen LogP contribution in [0.3, 0.4) is 0 Å². The van der Waals surface area contributed by atoms with Crippen LogP contribution in [0.5, 0.6) is 0 Å². The normalized spacial score (nSPS) is 34.8. The topological polar surface area (TPSA) is 318 Å². The summed E-state index contributed by atoms with van der Waals surface area (Å²) in [6, 6.07) is -2.14. The van der Waals surface area contributed by atoms with Crippen LogP contribution in [0.1, 0.15) is 136 Å². The average molecular weight is 1170 g/mol. The maximum Gasteiger partial charge on any atom is 0.407 e. The summed E-state index contributed by atoms with van der Waals surface area (Å²) in [5.41, 5.74) is 8.85. The second kappa shape index (κ2) is 33.4. The minimum absolute atomic E-state index is 0.0217. The van der Waals surface area contributed by atoms with Gasteiger partial charge >= 0.3 is 12.1 Å². The van der Waals surface area contributed by atoms with Gasteiger partial charge in [-0.15, -0.1) is 0 Å². The number of rotatable bonds is 14. The van der Waals surface area contributed by atoms with Crippen molar-refractivity contribution in [1.82, 2.24) is 25.5 Å². The van der Waals surface area contributed by atoms with Gasteiger partial charge in [0.15, 0.2) is 5.78 Å². The van der Waals surface area contributed by atoms with Crippen molar-refractivity contribution in [1.29, 1.82) is 0 Å². The number of aryl methyl sites for hydroxylation is 1. The molecule has 22 heteroatoms. The van der Waals surface area contributed by atoms with Crippen LogP contribution in [0.4, 0.5) is 4.79 Å². The number of esters is 1. The minimum atomic E-state index is -2.49. The van der Waals surface area contributed by atoms with Crippen molar-refractivity contribution < 1.29 is 77.6 Å². The first-order valence-electron chi connectivity index (χ1n) is 29.6. The number of piperidine rings is 1. The number of hydrogen-bond donors (Lipinski definition) is 7. The number of aliphatic hydroxyl groups is 4. The third-order valence-corrected chi connectivity index (χ3v) is 16.7. The molecule has 4 aliphatic rings. The van der Waals surface area contributed by atoms with Gasteiger partial charge in [0.2, 0.25) is 11.7 Å². The second-order valence-corrected chi connectivity index (χ2v) is 23.3. The maximum atomic E-state index is 14.6. The molecular formula is C61H94N6O16. The third-order valence-electron chi connectivity index (χ3n) is 16.7. The van der Waals surface area contributed by atoms with Crippen LogP contribution < -0.4 is 16.4 Å². The number of amides is 3. The number of nitrogens with one attached hydrogen (secondary N) is 2. The molecule has 83 heavy (non-hydrogen) atoms. The Labute approximate surface area is 489 Å². The van der Waals surface area contributed by atoms with Crippen molar-refractivity contribution >= 4 is 35.4 Å². The quantitative estimate of drug-likeness (QED) is 0.0581. The van der Waals surface area contributed by atoms with E-state index in [4.69, 9.17) is 34.2 Å². The molecule has 3 amide bonds. The predicted molar refractivity (Wildman–Crippen MR) is 306 cm³/mol. The van der Waals surface area contributed by atoms with Gasteiger partial charge in [0.05, 0.1) is 37.6 Å². The molecule has 2 bridgehead atoms. The number of cyclic esters (lactones) is 1. The number of nitrogens with zero attached hydrogens (tertiary/aromatic N) is 3. The molecule has 464 valence electrons. The Morgan fingerprint density at radius 2 is 1.58 bits per heavy atom. The smallest absolute Gasteiger partial charge is 0.407 e. The van der Waals surface area contributed by atoms with Gasteiger partial charge in [-0.05, 0) is 108 Å². The maximum absolute atomic E-state index is 14.6. The number of carbonyl (C=O) groups is 6. The molecule has 5 rings (SSSR count). The van der Waals surface area contributed by atoms with Crippen molar-refractivity contribution in [2.45, 2.75) is 205 Å². The molecular weight excluding hydrogens is 1070 g/mol. The summed E-state index contributed by atoms with van der Waals surface area (Å²) in [7, 11) is 3.06. The molecule has 8 N–H and O–H groups in total. The number of aromatic nitrogens is 2. The van der Waals surface area contributed by atoms with Crippen LogP contribution in [-0.2, 0) is 58.9 Å². The van der Waals surface area contributed by atoms with Crippen LogP contribution in [0.2, 0.25) is 0 Å². The number of alkyl carbamates (subject to hydrolysis) is 1. The van der Waals surface area contributed by atoms with Gasteiger partial charge < -0.3 is 70.1 Å². The van der Waals surface area contributed by atoms with E-state index in [1.807, 2.05) is 44.2 Å². The number of ether oxygens (including phenoxy) is 6. The van der Waals surface area contributed by atoms with Gasteiger partial charge in [-0.25, -0.2) is 19.6 Å². The van der Waals surface area contributed by atoms with Gasteiger partial charge in [-0.3, -0.25) is 19.2 Å². The zero-order valence-electron chi connectivity index (χ0n) is 50.1. The molecule has 1 saturated carbocycles. The zero-order chi connectivity index (χ0) is 61.0. The molecule has 1 aromatic rings. The lowest BCUT2D eigenvalue weighted by Crippen LogP contribution is -2.61.